The van der Waals surface area contributed by atoms with Crippen LogP contribution in [0.2, 0.25) is 39.4 Å². The molecule has 0 heterocycles. The molecule has 62 valence electrons. The summed E-state index contributed by atoms with van der Waals surface area (Å²) in [6.07, 6.45) is 3.78. The van der Waals surface area contributed by atoms with Crippen molar-refractivity contribution in [3.05, 3.63) is 0 Å². The first-order valence-corrected chi connectivity index (χ1v) is 4.18. The van der Waals surface area contributed by atoms with E-state index in [0.717, 1.165) is 5.92 Å². The molecule has 0 aliphatic heterocycles. The van der Waals surface area contributed by atoms with Gasteiger partial charge in [0.15, 0.2) is 0 Å². The molecule has 0 aromatic heterocycles. The number of hydrogen-bond acceptors (Lipinski definition) is 0. The summed E-state index contributed by atoms with van der Waals surface area (Å²) in [5, 5.41) is 0. The Morgan fingerprint density at radius 1 is 0.692 bits per heavy atom. The summed E-state index contributed by atoms with van der Waals surface area (Å²) in [4.78, 5) is 0. The van der Waals surface area contributed by atoms with Crippen LogP contribution < -0.4 is 0 Å². The van der Waals surface area contributed by atoms with Crippen LogP contribution in [0, 0.1) is 5.92 Å². The number of rotatable bonds is 6. The van der Waals surface area contributed by atoms with Gasteiger partial charge in [0.1, 0.15) is 21.8 Å². The fourth-order valence-corrected chi connectivity index (χ4v) is 1.29. The zero-order chi connectivity index (χ0) is 7.82. The van der Waals surface area contributed by atoms with Crippen LogP contribution in [-0.4, -0.2) is 21.8 Å². The van der Waals surface area contributed by atoms with Crippen LogP contribution in [0.25, 0.3) is 0 Å². The van der Waals surface area contributed by atoms with E-state index < -0.39 is 0 Å². The van der Waals surface area contributed by atoms with E-state index in [-0.39, 0.29) is 98.1 Å². The summed E-state index contributed by atoms with van der Waals surface area (Å²) in [5.74, 6) is 0.861. The van der Waals surface area contributed by atoms with E-state index >= 15 is 0 Å². The van der Waals surface area contributed by atoms with Gasteiger partial charge in [0.25, 0.3) is 0 Å². The van der Waals surface area contributed by atoms with Gasteiger partial charge < -0.3 is 0 Å². The molecule has 0 fully saturated rings. The van der Waals surface area contributed by atoms with Crippen molar-refractivity contribution in [3.8, 4) is 0 Å². The third-order valence-electron chi connectivity index (χ3n) is 1.71. The summed E-state index contributed by atoms with van der Waals surface area (Å²) in [5.41, 5.74) is 0. The first-order chi connectivity index (χ1) is 4.85. The third kappa shape index (κ3) is 18.1. The van der Waals surface area contributed by atoms with Gasteiger partial charge in [-0.2, -0.15) is 0 Å². The first kappa shape index (κ1) is 25.4. The predicted octanol–water partition coefficient (Wildman–Crippen LogP) is 2.11. The average Bonchev–Trinajstić information content (AvgIpc) is 1.90. The van der Waals surface area contributed by atoms with Crippen LogP contribution in [0.3, 0.4) is 0 Å². The molecule has 0 rings (SSSR count). The Bertz CT molecular complexity index is 61.7. The Morgan fingerprint density at radius 3 is 1.08 bits per heavy atom. The van der Waals surface area contributed by atoms with E-state index in [1.54, 1.807) is 0 Å². The van der Waals surface area contributed by atoms with E-state index in [1.807, 2.05) is 0 Å². The van der Waals surface area contributed by atoms with Gasteiger partial charge in [-0.25, -0.2) is 0 Å². The van der Waals surface area contributed by atoms with Gasteiger partial charge in [-0.15, -0.1) is 0 Å². The second-order valence-corrected chi connectivity index (χ2v) is 2.80. The van der Waals surface area contributed by atoms with Crippen molar-refractivity contribution in [1.29, 1.82) is 0 Å². The van der Waals surface area contributed by atoms with E-state index in [4.69, 9.17) is 0 Å². The van der Waals surface area contributed by atoms with Gasteiger partial charge in [-0.1, -0.05) is 45.3 Å². The van der Waals surface area contributed by atoms with Gasteiger partial charge in [0.05, 0.1) is 0 Å². The quantitative estimate of drug-likeness (QED) is 0.601. The zero-order valence-corrected chi connectivity index (χ0v) is 17.7. The molecule has 0 atom stereocenters. The maximum absolute atomic E-state index is 2.26. The van der Waals surface area contributed by atoms with Gasteiger partial charge in [0.2, 0.25) is 0 Å². The van der Waals surface area contributed by atoms with Crippen LogP contribution in [0.15, 0.2) is 0 Å². The molecule has 0 spiro atoms. The van der Waals surface area contributed by atoms with E-state index in [0.29, 0.717) is 0 Å². The fraction of sp³-hybridized carbons (Fsp3) is 1.00. The molecule has 0 aromatic carbocycles. The average molecular weight is 399 g/mol. The van der Waals surface area contributed by atoms with Gasteiger partial charge >= 0.3 is 0 Å². The van der Waals surface area contributed by atoms with E-state index in [9.17, 15) is 0 Å². The van der Waals surface area contributed by atoms with Crippen LogP contribution in [0.1, 0.15) is 0 Å². The Kier molecular flexibility index (Phi) is 40.7. The topological polar surface area (TPSA) is 0 Å². The second-order valence-electron chi connectivity index (χ2n) is 2.80. The van der Waals surface area contributed by atoms with Crippen LogP contribution >= 0.6 is 0 Å². The van der Waals surface area contributed by atoms with Crippen LogP contribution in [-0.2, 0) is 98.1 Å². The minimum Gasteiger partial charge on any atom is -0.0920 e. The molecule has 13 heavy (non-hydrogen) atoms. The smallest absolute Gasteiger partial charge is 0.0920 e. The molecule has 0 aromatic rings. The Balaban J connectivity index is -0.000000135. The Morgan fingerprint density at radius 2 is 0.923 bits per heavy atom. The van der Waals surface area contributed by atoms with Gasteiger partial charge in [0, 0.05) is 98.1 Å². The largest absolute Gasteiger partial charge is 0.106 e. The molecule has 0 amide bonds. The molecule has 0 aliphatic carbocycles. The summed E-state index contributed by atoms with van der Waals surface area (Å²) in [6.45, 7) is 6.41. The maximum atomic E-state index is 2.26. The second kappa shape index (κ2) is 20.9. The molecule has 0 saturated heterocycles. The van der Waals surface area contributed by atoms with Gasteiger partial charge in [-0.05, 0) is 0 Å². The van der Waals surface area contributed by atoms with Crippen LogP contribution in [0.4, 0.5) is 0 Å². The van der Waals surface area contributed by atoms with Crippen molar-refractivity contribution >= 4 is 21.8 Å². The third-order valence-corrected chi connectivity index (χ3v) is 1.71. The summed E-state index contributed by atoms with van der Waals surface area (Å²) in [7, 11) is 6.78. The zero-order valence-electron chi connectivity index (χ0n) is 9.16. The SMILES string of the molecule is C[B]CC(C[B]C)C[B]C.[Y].[Y].[Y]. The molecule has 6 radical (unpaired) electrons. The molecule has 0 nitrogen and oxygen atoms in total. The van der Waals surface area contributed by atoms with Crippen molar-refractivity contribution in [2.75, 3.05) is 0 Å². The fourth-order valence-electron chi connectivity index (χ4n) is 1.29. The first-order valence-electron chi connectivity index (χ1n) is 4.18. The molecule has 0 saturated carbocycles. The molecule has 0 N–H and O–H groups in total. The molecule has 0 aliphatic rings. The molecule has 0 unspecified atom stereocenters. The molecular formula is C7H16B3Y3. The van der Waals surface area contributed by atoms with E-state index in [1.165, 1.54) is 19.0 Å². The van der Waals surface area contributed by atoms with Crippen molar-refractivity contribution in [2.24, 2.45) is 5.92 Å². The minimum atomic E-state index is 0. The summed E-state index contributed by atoms with van der Waals surface area (Å²) >= 11 is 0. The minimum absolute atomic E-state index is 0. The Labute approximate surface area is 162 Å². The normalized spacial score (nSPS) is 7.38. The molecule has 0 bridgehead atoms. The van der Waals surface area contributed by atoms with Crippen molar-refractivity contribution < 1.29 is 98.1 Å². The van der Waals surface area contributed by atoms with Crippen molar-refractivity contribution in [3.63, 3.8) is 0 Å². The Hall–Kier alpha value is 3.51. The van der Waals surface area contributed by atoms with Crippen molar-refractivity contribution in [1.82, 2.24) is 0 Å². The van der Waals surface area contributed by atoms with Crippen LogP contribution in [0.5, 0.6) is 0 Å². The monoisotopic (exact) mass is 400 g/mol. The summed E-state index contributed by atoms with van der Waals surface area (Å²) in [6, 6.07) is 0. The predicted molar refractivity (Wildman–Crippen MR) is 52.8 cm³/mol. The maximum Gasteiger partial charge on any atom is 0.106 e. The van der Waals surface area contributed by atoms with Crippen molar-refractivity contribution in [2.45, 2.75) is 39.4 Å². The number of hydrogen-bond donors (Lipinski definition) is 0. The summed E-state index contributed by atoms with van der Waals surface area (Å²) < 4.78 is 0. The molecular weight excluding hydrogens is 383 g/mol. The van der Waals surface area contributed by atoms with E-state index in [2.05, 4.69) is 42.3 Å². The molecule has 6 heteroatoms. The van der Waals surface area contributed by atoms with Gasteiger partial charge in [-0.3, -0.25) is 0 Å². The standard InChI is InChI=1S/C7H16B3.3Y/c1-8-4-7(5-9-2)6-10-3;;;/h7H,4-6H2,1-3H3;;;.